The minimum Gasteiger partial charge on any atom is -0.323 e. The van der Waals surface area contributed by atoms with Crippen LogP contribution < -0.4 is 4.90 Å². The first-order valence-corrected chi connectivity index (χ1v) is 8.13. The monoisotopic (exact) mass is 328 g/mol. The van der Waals surface area contributed by atoms with Crippen molar-refractivity contribution in [1.29, 1.82) is 0 Å². The van der Waals surface area contributed by atoms with Crippen molar-refractivity contribution in [2.45, 2.75) is 26.7 Å². The Balaban J connectivity index is 2.07. The van der Waals surface area contributed by atoms with Crippen LogP contribution in [0, 0.1) is 17.0 Å². The molecule has 1 fully saturated rings. The first-order chi connectivity index (χ1) is 11.5. The van der Waals surface area contributed by atoms with Gasteiger partial charge in [-0.1, -0.05) is 25.5 Å². The molecule has 0 aliphatic carbocycles. The van der Waals surface area contributed by atoms with Crippen molar-refractivity contribution in [2.24, 2.45) is 0 Å². The van der Waals surface area contributed by atoms with Crippen molar-refractivity contribution in [3.8, 4) is 0 Å². The van der Waals surface area contributed by atoms with E-state index in [0.29, 0.717) is 24.0 Å². The average Bonchev–Trinajstić information content (AvgIpc) is 2.92. The number of non-ortho nitro benzene ring substituents is 1. The van der Waals surface area contributed by atoms with Gasteiger partial charge in [-0.3, -0.25) is 15.0 Å². The lowest BCUT2D eigenvalue weighted by Gasteiger charge is -2.21. The van der Waals surface area contributed by atoms with Crippen molar-refractivity contribution in [1.82, 2.24) is 9.88 Å². The van der Waals surface area contributed by atoms with Crippen molar-refractivity contribution in [3.05, 3.63) is 40.1 Å². The van der Waals surface area contributed by atoms with Gasteiger partial charge in [0.15, 0.2) is 0 Å². The van der Waals surface area contributed by atoms with Gasteiger partial charge in [0, 0.05) is 37.3 Å². The number of nitrogens with zero attached hydrogens (tertiary/aromatic N) is 4. The summed E-state index contributed by atoms with van der Waals surface area (Å²) in [6.45, 7) is 5.98. The number of nitro benzene ring substituents is 1. The molecule has 3 rings (SSSR count). The highest BCUT2D eigenvalue weighted by atomic mass is 16.6. The topological polar surface area (TPSA) is 79.6 Å². The van der Waals surface area contributed by atoms with E-state index in [1.165, 1.54) is 6.07 Å². The number of carbonyl (C=O) groups excluding carboxylic acids is 1. The quantitative estimate of drug-likeness (QED) is 0.621. The molecule has 126 valence electrons. The minimum atomic E-state index is -0.437. The fraction of sp³-hybridized carbons (Fsp3) is 0.412. The highest BCUT2D eigenvalue weighted by Gasteiger charge is 2.31. The molecule has 2 amide bonds. The predicted molar refractivity (Wildman–Crippen MR) is 92.4 cm³/mol. The normalized spacial score (nSPS) is 14.7. The summed E-state index contributed by atoms with van der Waals surface area (Å²) >= 11 is 0. The zero-order valence-corrected chi connectivity index (χ0v) is 13.9. The summed E-state index contributed by atoms with van der Waals surface area (Å²) in [5, 5.41) is 11.9. The molecule has 0 radical (unpaired) electrons. The fourth-order valence-corrected chi connectivity index (χ4v) is 3.15. The summed E-state index contributed by atoms with van der Waals surface area (Å²) in [5.74, 6) is 0. The summed E-state index contributed by atoms with van der Waals surface area (Å²) < 4.78 is 0. The van der Waals surface area contributed by atoms with E-state index >= 15 is 0 Å². The van der Waals surface area contributed by atoms with Crippen LogP contribution >= 0.6 is 0 Å². The van der Waals surface area contributed by atoms with Crippen LogP contribution in [-0.4, -0.2) is 40.5 Å². The Morgan fingerprint density at radius 2 is 2.12 bits per heavy atom. The third-order valence-corrected chi connectivity index (χ3v) is 4.37. The highest BCUT2D eigenvalue weighted by molar-refractivity contribution is 6.06. The number of aromatic nitrogens is 1. The van der Waals surface area contributed by atoms with Gasteiger partial charge in [0.2, 0.25) is 0 Å². The van der Waals surface area contributed by atoms with E-state index in [1.54, 1.807) is 23.2 Å². The zero-order valence-electron chi connectivity index (χ0n) is 13.9. The lowest BCUT2D eigenvalue weighted by molar-refractivity contribution is -0.383. The Hall–Kier alpha value is -2.70. The van der Waals surface area contributed by atoms with E-state index in [2.05, 4.69) is 11.9 Å². The molecule has 0 atom stereocenters. The van der Waals surface area contributed by atoms with Crippen molar-refractivity contribution < 1.29 is 9.72 Å². The molecule has 24 heavy (non-hydrogen) atoms. The number of pyridine rings is 1. The molecular weight excluding hydrogens is 308 g/mol. The molecule has 7 nitrogen and oxygen atoms in total. The Kier molecular flexibility index (Phi) is 4.33. The summed E-state index contributed by atoms with van der Waals surface area (Å²) in [6, 6.07) is 4.83. The molecule has 0 saturated carbocycles. The standard InChI is InChI=1S/C17H20N4O3/c1-3-4-8-19-9-10-20(17(19)22)16-12(2)11-18-15-13(16)6-5-7-14(15)21(23)24/h5-7,11H,3-4,8-10H2,1-2H3. The second kappa shape index (κ2) is 6.43. The fourth-order valence-electron chi connectivity index (χ4n) is 3.15. The number of urea groups is 1. The second-order valence-electron chi connectivity index (χ2n) is 6.00. The first kappa shape index (κ1) is 16.2. The van der Waals surface area contributed by atoms with Crippen LogP contribution in [0.2, 0.25) is 0 Å². The number of fused-ring (bicyclic) bond motifs is 1. The van der Waals surface area contributed by atoms with Crippen molar-refractivity contribution in [3.63, 3.8) is 0 Å². The number of rotatable bonds is 5. The summed E-state index contributed by atoms with van der Waals surface area (Å²) in [7, 11) is 0. The number of amides is 2. The van der Waals surface area contributed by atoms with Gasteiger partial charge in [-0.15, -0.1) is 0 Å². The van der Waals surface area contributed by atoms with Gasteiger partial charge in [0.05, 0.1) is 10.6 Å². The summed E-state index contributed by atoms with van der Waals surface area (Å²) in [5.41, 5.74) is 1.85. The SMILES string of the molecule is CCCCN1CCN(c2c(C)cnc3c([N+](=O)[O-])cccc23)C1=O. The van der Waals surface area contributed by atoms with Gasteiger partial charge < -0.3 is 4.90 Å². The van der Waals surface area contributed by atoms with Gasteiger partial charge >= 0.3 is 6.03 Å². The molecule has 1 aromatic heterocycles. The average molecular weight is 328 g/mol. The van der Waals surface area contributed by atoms with E-state index in [-0.39, 0.29) is 11.7 Å². The number of hydrogen-bond acceptors (Lipinski definition) is 4. The molecule has 0 unspecified atom stereocenters. The number of carbonyl (C=O) groups is 1. The number of benzene rings is 1. The van der Waals surface area contributed by atoms with Gasteiger partial charge in [-0.05, 0) is 18.9 Å². The van der Waals surface area contributed by atoms with Crippen LogP contribution in [0.15, 0.2) is 24.4 Å². The largest absolute Gasteiger partial charge is 0.324 e. The summed E-state index contributed by atoms with van der Waals surface area (Å²) in [4.78, 5) is 31.3. The number of anilines is 1. The molecule has 0 N–H and O–H groups in total. The summed E-state index contributed by atoms with van der Waals surface area (Å²) in [6.07, 6.45) is 3.61. The molecule has 2 aromatic rings. The number of nitro groups is 1. The van der Waals surface area contributed by atoms with E-state index in [4.69, 9.17) is 0 Å². The molecule has 2 heterocycles. The maximum Gasteiger partial charge on any atom is 0.324 e. The van der Waals surface area contributed by atoms with Gasteiger partial charge in [0.25, 0.3) is 5.69 Å². The third-order valence-electron chi connectivity index (χ3n) is 4.37. The maximum atomic E-state index is 12.7. The highest BCUT2D eigenvalue weighted by Crippen LogP contribution is 2.35. The molecule has 1 aromatic carbocycles. The van der Waals surface area contributed by atoms with Gasteiger partial charge in [-0.2, -0.15) is 0 Å². The zero-order chi connectivity index (χ0) is 17.3. The predicted octanol–water partition coefficient (Wildman–Crippen LogP) is 3.49. The number of para-hydroxylation sites is 1. The lowest BCUT2D eigenvalue weighted by atomic mass is 10.1. The minimum absolute atomic E-state index is 0.0365. The number of aryl methyl sites for hydroxylation is 1. The molecule has 1 aliphatic rings. The van der Waals surface area contributed by atoms with Crippen molar-refractivity contribution in [2.75, 3.05) is 24.5 Å². The van der Waals surface area contributed by atoms with Gasteiger partial charge in [0.1, 0.15) is 5.52 Å². The molecule has 1 aliphatic heterocycles. The Morgan fingerprint density at radius 3 is 2.83 bits per heavy atom. The molecule has 1 saturated heterocycles. The Morgan fingerprint density at radius 1 is 1.33 bits per heavy atom. The molecular formula is C17H20N4O3. The van der Waals surface area contributed by atoms with E-state index < -0.39 is 4.92 Å². The van der Waals surface area contributed by atoms with Crippen molar-refractivity contribution >= 4 is 28.3 Å². The van der Waals surface area contributed by atoms with Crippen LogP contribution in [0.4, 0.5) is 16.2 Å². The van der Waals surface area contributed by atoms with Crippen LogP contribution in [0.3, 0.4) is 0 Å². The lowest BCUT2D eigenvalue weighted by Crippen LogP contribution is -2.33. The number of unbranched alkanes of at least 4 members (excludes halogenated alkanes) is 1. The molecule has 0 bridgehead atoms. The smallest absolute Gasteiger partial charge is 0.323 e. The van der Waals surface area contributed by atoms with Crippen LogP contribution in [0.5, 0.6) is 0 Å². The molecule has 0 spiro atoms. The van der Waals surface area contributed by atoms with Crippen LogP contribution in [-0.2, 0) is 0 Å². The first-order valence-electron chi connectivity index (χ1n) is 8.13. The van der Waals surface area contributed by atoms with Crippen LogP contribution in [0.25, 0.3) is 10.9 Å². The van der Waals surface area contributed by atoms with E-state index in [0.717, 1.165) is 30.6 Å². The van der Waals surface area contributed by atoms with E-state index in [1.807, 2.05) is 11.8 Å². The Labute approximate surface area is 140 Å². The molecule has 7 heteroatoms. The second-order valence-corrected chi connectivity index (χ2v) is 6.00. The van der Waals surface area contributed by atoms with Crippen LogP contribution in [0.1, 0.15) is 25.3 Å². The Bertz CT molecular complexity index is 806. The maximum absolute atomic E-state index is 12.7. The van der Waals surface area contributed by atoms with E-state index in [9.17, 15) is 14.9 Å². The van der Waals surface area contributed by atoms with Gasteiger partial charge in [-0.25, -0.2) is 9.78 Å². The number of hydrogen-bond donors (Lipinski definition) is 0. The third kappa shape index (κ3) is 2.66.